The predicted molar refractivity (Wildman–Crippen MR) is 102 cm³/mol. The number of nitrogens with zero attached hydrogens (tertiary/aromatic N) is 2. The van der Waals surface area contributed by atoms with Gasteiger partial charge in [-0.1, -0.05) is 30.3 Å². The molecule has 1 N–H and O–H groups in total. The molecule has 3 aromatic rings. The molecule has 0 amide bonds. The molecule has 0 aliphatic carbocycles. The van der Waals surface area contributed by atoms with Crippen molar-refractivity contribution in [2.75, 3.05) is 11.7 Å². The molecule has 1 aromatic heterocycles. The van der Waals surface area contributed by atoms with Gasteiger partial charge in [0, 0.05) is 10.3 Å². The van der Waals surface area contributed by atoms with Crippen LogP contribution in [-0.2, 0) is 0 Å². The van der Waals surface area contributed by atoms with Gasteiger partial charge < -0.3 is 0 Å². The summed E-state index contributed by atoms with van der Waals surface area (Å²) in [5.74, 6) is 0. The first-order valence-corrected chi connectivity index (χ1v) is 9.31. The molecule has 0 aliphatic heterocycles. The van der Waals surface area contributed by atoms with Gasteiger partial charge in [-0.25, -0.2) is 4.98 Å². The number of hydrogen-bond donors (Lipinski definition) is 1. The maximum Gasteiger partial charge on any atom is 0.203 e. The molecule has 23 heavy (non-hydrogen) atoms. The van der Waals surface area contributed by atoms with Gasteiger partial charge in [-0.2, -0.15) is 5.10 Å². The van der Waals surface area contributed by atoms with Crippen LogP contribution in [0.15, 0.2) is 63.9 Å². The minimum absolute atomic E-state index is 0.808. The minimum atomic E-state index is 0.808. The van der Waals surface area contributed by atoms with E-state index in [-0.39, 0.29) is 0 Å². The van der Waals surface area contributed by atoms with E-state index >= 15 is 0 Å². The number of aromatic nitrogens is 1. The second kappa shape index (κ2) is 7.44. The van der Waals surface area contributed by atoms with Crippen molar-refractivity contribution in [1.29, 1.82) is 0 Å². The smallest absolute Gasteiger partial charge is 0.203 e. The Balaban J connectivity index is 1.73. The first-order valence-electron chi connectivity index (χ1n) is 7.20. The predicted octanol–water partition coefficient (Wildman–Crippen LogP) is 5.29. The zero-order chi connectivity index (χ0) is 16.1. The number of anilines is 1. The first kappa shape index (κ1) is 15.8. The summed E-state index contributed by atoms with van der Waals surface area (Å²) in [5.41, 5.74) is 7.42. The normalized spacial score (nSPS) is 11.0. The van der Waals surface area contributed by atoms with Crippen LogP contribution in [-0.4, -0.2) is 17.5 Å². The van der Waals surface area contributed by atoms with Gasteiger partial charge in [-0.3, -0.25) is 5.43 Å². The van der Waals surface area contributed by atoms with E-state index in [1.807, 2.05) is 30.7 Å². The summed E-state index contributed by atoms with van der Waals surface area (Å²) in [5, 5.41) is 7.06. The highest BCUT2D eigenvalue weighted by Gasteiger charge is 1.99. The molecule has 0 fully saturated rings. The molecular weight excluding hydrogens is 322 g/mol. The summed E-state index contributed by atoms with van der Waals surface area (Å²) in [6, 6.07) is 16.9. The summed E-state index contributed by atoms with van der Waals surface area (Å²) in [6.07, 6.45) is 3.90. The number of rotatable bonds is 5. The maximum atomic E-state index is 4.31. The standard InChI is InChI=1S/C18H17N3S2/c1-13-12-23-18(20-13)21-19-11-14-4-3-5-16(10-14)15-6-8-17(22-2)9-7-15/h3-12H,1-2H3,(H,20,21). The van der Waals surface area contributed by atoms with Crippen LogP contribution in [0, 0.1) is 6.92 Å². The number of nitrogens with one attached hydrogen (secondary N) is 1. The lowest BCUT2D eigenvalue weighted by Gasteiger charge is -2.04. The zero-order valence-electron chi connectivity index (χ0n) is 13.0. The average Bonchev–Trinajstić information content (AvgIpc) is 3.00. The molecular formula is C18H17N3S2. The third-order valence-electron chi connectivity index (χ3n) is 3.30. The molecule has 116 valence electrons. The van der Waals surface area contributed by atoms with E-state index in [2.05, 4.69) is 58.2 Å². The lowest BCUT2D eigenvalue weighted by atomic mass is 10.0. The number of benzene rings is 2. The largest absolute Gasteiger partial charge is 0.253 e. The lowest BCUT2D eigenvalue weighted by Crippen LogP contribution is -1.90. The Morgan fingerprint density at radius 2 is 1.96 bits per heavy atom. The van der Waals surface area contributed by atoms with E-state index < -0.39 is 0 Å². The summed E-state index contributed by atoms with van der Waals surface area (Å²) in [4.78, 5) is 5.59. The van der Waals surface area contributed by atoms with Gasteiger partial charge >= 0.3 is 0 Å². The SMILES string of the molecule is CSc1ccc(-c2cccc(C=NNc3nc(C)cs3)c2)cc1. The van der Waals surface area contributed by atoms with Crippen LogP contribution in [0.3, 0.4) is 0 Å². The molecule has 0 spiro atoms. The number of hydrogen-bond acceptors (Lipinski definition) is 5. The van der Waals surface area contributed by atoms with Crippen LogP contribution in [0.5, 0.6) is 0 Å². The van der Waals surface area contributed by atoms with Crippen molar-refractivity contribution in [2.45, 2.75) is 11.8 Å². The third kappa shape index (κ3) is 4.21. The Bertz CT molecular complexity index is 807. The quantitative estimate of drug-likeness (QED) is 0.390. The van der Waals surface area contributed by atoms with Crippen molar-refractivity contribution < 1.29 is 0 Å². The van der Waals surface area contributed by atoms with Gasteiger partial charge in [-0.15, -0.1) is 23.1 Å². The Morgan fingerprint density at radius 1 is 1.13 bits per heavy atom. The summed E-state index contributed by atoms with van der Waals surface area (Å²) in [6.45, 7) is 1.97. The molecule has 1 heterocycles. The Kier molecular flexibility index (Phi) is 5.10. The molecule has 0 atom stereocenters. The summed E-state index contributed by atoms with van der Waals surface area (Å²) >= 11 is 3.30. The second-order valence-corrected chi connectivity index (χ2v) is 6.76. The van der Waals surface area contributed by atoms with Crippen LogP contribution in [0.25, 0.3) is 11.1 Å². The first-order chi connectivity index (χ1) is 11.2. The zero-order valence-corrected chi connectivity index (χ0v) is 14.6. The third-order valence-corrected chi connectivity index (χ3v) is 4.91. The van der Waals surface area contributed by atoms with Crippen molar-refractivity contribution >= 4 is 34.4 Å². The fraction of sp³-hybridized carbons (Fsp3) is 0.111. The van der Waals surface area contributed by atoms with Crippen molar-refractivity contribution in [2.24, 2.45) is 5.10 Å². The van der Waals surface area contributed by atoms with Gasteiger partial charge in [0.1, 0.15) is 0 Å². The van der Waals surface area contributed by atoms with Crippen LogP contribution in [0.2, 0.25) is 0 Å². The van der Waals surface area contributed by atoms with E-state index in [4.69, 9.17) is 0 Å². The van der Waals surface area contributed by atoms with E-state index in [0.717, 1.165) is 16.4 Å². The number of thiazole rings is 1. The molecule has 0 unspecified atom stereocenters. The van der Waals surface area contributed by atoms with Gasteiger partial charge in [0.15, 0.2) is 0 Å². The van der Waals surface area contributed by atoms with Crippen molar-refractivity contribution in [3.8, 4) is 11.1 Å². The molecule has 0 aliphatic rings. The Hall–Kier alpha value is -2.11. The van der Waals surface area contributed by atoms with E-state index in [1.54, 1.807) is 23.1 Å². The van der Waals surface area contributed by atoms with E-state index in [1.165, 1.54) is 16.0 Å². The highest BCUT2D eigenvalue weighted by atomic mass is 32.2. The number of hydrazone groups is 1. The topological polar surface area (TPSA) is 37.3 Å². The van der Waals surface area contributed by atoms with Gasteiger partial charge in [-0.05, 0) is 48.1 Å². The van der Waals surface area contributed by atoms with Crippen LogP contribution in [0.1, 0.15) is 11.3 Å². The minimum Gasteiger partial charge on any atom is -0.253 e. The van der Waals surface area contributed by atoms with Crippen molar-refractivity contribution in [1.82, 2.24) is 4.98 Å². The molecule has 3 nitrogen and oxygen atoms in total. The number of thioether (sulfide) groups is 1. The van der Waals surface area contributed by atoms with Gasteiger partial charge in [0.05, 0.1) is 11.9 Å². The Labute approximate surface area is 144 Å². The molecule has 0 radical (unpaired) electrons. The summed E-state index contributed by atoms with van der Waals surface area (Å²) in [7, 11) is 0. The monoisotopic (exact) mass is 339 g/mol. The highest BCUT2D eigenvalue weighted by Crippen LogP contribution is 2.23. The fourth-order valence-corrected chi connectivity index (χ4v) is 3.19. The highest BCUT2D eigenvalue weighted by molar-refractivity contribution is 7.98. The molecule has 2 aromatic carbocycles. The lowest BCUT2D eigenvalue weighted by molar-refractivity contribution is 1.22. The Morgan fingerprint density at radius 3 is 2.65 bits per heavy atom. The van der Waals surface area contributed by atoms with Crippen molar-refractivity contribution in [3.63, 3.8) is 0 Å². The fourth-order valence-electron chi connectivity index (χ4n) is 2.15. The molecule has 0 saturated heterocycles. The van der Waals surface area contributed by atoms with Gasteiger partial charge in [0.25, 0.3) is 0 Å². The molecule has 0 bridgehead atoms. The average molecular weight is 339 g/mol. The van der Waals surface area contributed by atoms with Crippen LogP contribution < -0.4 is 5.43 Å². The van der Waals surface area contributed by atoms with Crippen LogP contribution in [0.4, 0.5) is 5.13 Å². The van der Waals surface area contributed by atoms with E-state index in [9.17, 15) is 0 Å². The number of aryl methyl sites for hydroxylation is 1. The molecule has 0 saturated carbocycles. The van der Waals surface area contributed by atoms with Crippen LogP contribution >= 0.6 is 23.1 Å². The van der Waals surface area contributed by atoms with E-state index in [0.29, 0.717) is 0 Å². The maximum absolute atomic E-state index is 4.31. The molecule has 3 rings (SSSR count). The molecule has 5 heteroatoms. The second-order valence-electron chi connectivity index (χ2n) is 5.02. The van der Waals surface area contributed by atoms with Gasteiger partial charge in [0.2, 0.25) is 5.13 Å². The van der Waals surface area contributed by atoms with Crippen molar-refractivity contribution in [3.05, 3.63) is 65.2 Å². The summed E-state index contributed by atoms with van der Waals surface area (Å²) < 4.78 is 0.